The van der Waals surface area contributed by atoms with Gasteiger partial charge in [0.2, 0.25) is 0 Å². The fourth-order valence-corrected chi connectivity index (χ4v) is 1.44. The molecule has 0 N–H and O–H groups in total. The quantitative estimate of drug-likeness (QED) is 0.316. The van der Waals surface area contributed by atoms with Crippen molar-refractivity contribution in [3.63, 3.8) is 0 Å². The van der Waals surface area contributed by atoms with E-state index in [0.717, 1.165) is 12.1 Å². The lowest BCUT2D eigenvalue weighted by molar-refractivity contribution is -0.384. The van der Waals surface area contributed by atoms with Crippen LogP contribution in [0.3, 0.4) is 0 Å². The standard InChI is InChI=1S/C11H14N2O3/c14-13(15)11-3-1-2-10(8-11)9-16-7-6-12-4-5-12/h1-3,8H,4-7,9H2. The van der Waals surface area contributed by atoms with Crippen molar-refractivity contribution in [1.82, 2.24) is 4.90 Å². The summed E-state index contributed by atoms with van der Waals surface area (Å²) in [5.41, 5.74) is 0.965. The van der Waals surface area contributed by atoms with Crippen molar-refractivity contribution >= 4 is 5.69 Å². The third kappa shape index (κ3) is 3.29. The van der Waals surface area contributed by atoms with Crippen LogP contribution in [0.5, 0.6) is 0 Å². The number of nitro groups is 1. The number of hydrogen-bond donors (Lipinski definition) is 0. The van der Waals surface area contributed by atoms with Crippen molar-refractivity contribution in [3.8, 4) is 0 Å². The maximum atomic E-state index is 10.5. The highest BCUT2D eigenvalue weighted by Crippen LogP contribution is 2.13. The molecule has 1 aliphatic heterocycles. The van der Waals surface area contributed by atoms with Gasteiger partial charge in [0, 0.05) is 31.8 Å². The van der Waals surface area contributed by atoms with Crippen LogP contribution in [0.4, 0.5) is 5.69 Å². The number of benzene rings is 1. The van der Waals surface area contributed by atoms with E-state index in [1.54, 1.807) is 12.1 Å². The fraction of sp³-hybridized carbons (Fsp3) is 0.455. The molecule has 5 heteroatoms. The lowest BCUT2D eigenvalue weighted by atomic mass is 10.2. The maximum Gasteiger partial charge on any atom is 0.269 e. The monoisotopic (exact) mass is 222 g/mol. The fourth-order valence-electron chi connectivity index (χ4n) is 1.44. The van der Waals surface area contributed by atoms with Gasteiger partial charge in [-0.15, -0.1) is 0 Å². The Morgan fingerprint density at radius 2 is 2.25 bits per heavy atom. The van der Waals surface area contributed by atoms with Crippen LogP contribution in [0.25, 0.3) is 0 Å². The first-order valence-electron chi connectivity index (χ1n) is 5.29. The Morgan fingerprint density at radius 3 is 2.94 bits per heavy atom. The third-order valence-corrected chi connectivity index (χ3v) is 2.48. The minimum absolute atomic E-state index is 0.118. The first kappa shape index (κ1) is 11.0. The van der Waals surface area contributed by atoms with Crippen LogP contribution in [0.1, 0.15) is 5.56 Å². The second-order valence-corrected chi connectivity index (χ2v) is 3.82. The topological polar surface area (TPSA) is 55.4 Å². The van der Waals surface area contributed by atoms with Gasteiger partial charge in [-0.3, -0.25) is 15.0 Å². The highest BCUT2D eigenvalue weighted by molar-refractivity contribution is 5.33. The molecule has 86 valence electrons. The van der Waals surface area contributed by atoms with Gasteiger partial charge in [-0.05, 0) is 5.56 Å². The van der Waals surface area contributed by atoms with E-state index in [1.165, 1.54) is 19.2 Å². The summed E-state index contributed by atoms with van der Waals surface area (Å²) < 4.78 is 5.44. The Morgan fingerprint density at radius 1 is 1.44 bits per heavy atom. The smallest absolute Gasteiger partial charge is 0.269 e. The van der Waals surface area contributed by atoms with E-state index in [0.29, 0.717) is 13.2 Å². The zero-order chi connectivity index (χ0) is 11.4. The van der Waals surface area contributed by atoms with Crippen molar-refractivity contribution in [2.24, 2.45) is 0 Å². The highest BCUT2D eigenvalue weighted by Gasteiger charge is 2.15. The molecule has 2 rings (SSSR count). The molecule has 0 bridgehead atoms. The molecule has 1 fully saturated rings. The Hall–Kier alpha value is -1.46. The molecular weight excluding hydrogens is 208 g/mol. The predicted molar refractivity (Wildman–Crippen MR) is 59.2 cm³/mol. The Balaban J connectivity index is 1.78. The second-order valence-electron chi connectivity index (χ2n) is 3.82. The number of non-ortho nitro benzene ring substituents is 1. The largest absolute Gasteiger partial charge is 0.375 e. The zero-order valence-electron chi connectivity index (χ0n) is 8.96. The Labute approximate surface area is 93.8 Å². The molecule has 1 aliphatic rings. The summed E-state index contributed by atoms with van der Waals surface area (Å²) in [6.45, 7) is 4.41. The van der Waals surface area contributed by atoms with Gasteiger partial charge < -0.3 is 4.74 Å². The maximum absolute atomic E-state index is 10.5. The van der Waals surface area contributed by atoms with Crippen molar-refractivity contribution in [1.29, 1.82) is 0 Å². The average Bonchev–Trinajstić information content (AvgIpc) is 3.09. The van der Waals surface area contributed by atoms with Gasteiger partial charge in [0.25, 0.3) is 5.69 Å². The van der Waals surface area contributed by atoms with Crippen molar-refractivity contribution in [3.05, 3.63) is 39.9 Å². The van der Waals surface area contributed by atoms with E-state index in [1.807, 2.05) is 6.07 Å². The normalized spacial score (nSPS) is 15.0. The lowest BCUT2D eigenvalue weighted by Gasteiger charge is -2.04. The van der Waals surface area contributed by atoms with Crippen molar-refractivity contribution in [2.75, 3.05) is 26.2 Å². The summed E-state index contributed by atoms with van der Waals surface area (Å²) >= 11 is 0. The van der Waals surface area contributed by atoms with E-state index in [9.17, 15) is 10.1 Å². The van der Waals surface area contributed by atoms with Gasteiger partial charge in [0.1, 0.15) is 0 Å². The molecule has 0 radical (unpaired) electrons. The molecule has 16 heavy (non-hydrogen) atoms. The van der Waals surface area contributed by atoms with Crippen LogP contribution < -0.4 is 0 Å². The predicted octanol–water partition coefficient (Wildman–Crippen LogP) is 1.43. The minimum atomic E-state index is -0.389. The van der Waals surface area contributed by atoms with E-state index < -0.39 is 0 Å². The van der Waals surface area contributed by atoms with Gasteiger partial charge in [-0.25, -0.2) is 0 Å². The van der Waals surface area contributed by atoms with Crippen LogP contribution in [-0.2, 0) is 11.3 Å². The molecule has 0 spiro atoms. The molecule has 1 heterocycles. The molecule has 1 aromatic carbocycles. The van der Waals surface area contributed by atoms with Gasteiger partial charge in [0.15, 0.2) is 0 Å². The number of nitro benzene ring substituents is 1. The number of rotatable bonds is 6. The van der Waals surface area contributed by atoms with Crippen LogP contribution in [0.2, 0.25) is 0 Å². The Bertz CT molecular complexity index is 377. The second kappa shape index (κ2) is 5.05. The summed E-state index contributed by atoms with van der Waals surface area (Å²) in [7, 11) is 0. The van der Waals surface area contributed by atoms with Gasteiger partial charge >= 0.3 is 0 Å². The van der Waals surface area contributed by atoms with Crippen molar-refractivity contribution in [2.45, 2.75) is 6.61 Å². The molecule has 1 aromatic rings. The first-order valence-corrected chi connectivity index (χ1v) is 5.29. The molecular formula is C11H14N2O3. The van der Waals surface area contributed by atoms with Crippen LogP contribution >= 0.6 is 0 Å². The van der Waals surface area contributed by atoms with Gasteiger partial charge in [0.05, 0.1) is 18.1 Å². The van der Waals surface area contributed by atoms with Crippen LogP contribution in [0.15, 0.2) is 24.3 Å². The molecule has 1 saturated heterocycles. The van der Waals surface area contributed by atoms with E-state index >= 15 is 0 Å². The SMILES string of the molecule is O=[N+]([O-])c1cccc(COCCN2CC2)c1. The molecule has 0 amide bonds. The molecule has 0 saturated carbocycles. The van der Waals surface area contributed by atoms with Crippen molar-refractivity contribution < 1.29 is 9.66 Å². The first-order chi connectivity index (χ1) is 7.75. The summed E-state index contributed by atoms with van der Waals surface area (Å²) in [5.74, 6) is 0. The third-order valence-electron chi connectivity index (χ3n) is 2.48. The summed E-state index contributed by atoms with van der Waals surface area (Å²) in [5, 5.41) is 10.5. The lowest BCUT2D eigenvalue weighted by Crippen LogP contribution is -2.08. The zero-order valence-corrected chi connectivity index (χ0v) is 8.96. The number of ether oxygens (including phenoxy) is 1. The van der Waals surface area contributed by atoms with Crippen LogP contribution in [0, 0.1) is 10.1 Å². The van der Waals surface area contributed by atoms with E-state index in [4.69, 9.17) is 4.74 Å². The molecule has 0 aromatic heterocycles. The number of hydrogen-bond acceptors (Lipinski definition) is 4. The van der Waals surface area contributed by atoms with Crippen LogP contribution in [-0.4, -0.2) is 36.1 Å². The highest BCUT2D eigenvalue weighted by atomic mass is 16.6. The summed E-state index contributed by atoms with van der Waals surface area (Å²) in [4.78, 5) is 12.4. The van der Waals surface area contributed by atoms with E-state index in [2.05, 4.69) is 4.90 Å². The molecule has 0 atom stereocenters. The number of nitrogens with zero attached hydrogens (tertiary/aromatic N) is 2. The molecule has 5 nitrogen and oxygen atoms in total. The minimum Gasteiger partial charge on any atom is -0.375 e. The summed E-state index contributed by atoms with van der Waals surface area (Å²) in [6, 6.07) is 6.56. The van der Waals surface area contributed by atoms with E-state index in [-0.39, 0.29) is 10.6 Å². The molecule has 0 unspecified atom stereocenters. The Kier molecular flexibility index (Phi) is 3.48. The average molecular weight is 222 g/mol. The summed E-state index contributed by atoms with van der Waals surface area (Å²) in [6.07, 6.45) is 0. The molecule has 0 aliphatic carbocycles. The van der Waals surface area contributed by atoms with Gasteiger partial charge in [-0.1, -0.05) is 12.1 Å². The van der Waals surface area contributed by atoms with Gasteiger partial charge in [-0.2, -0.15) is 0 Å².